The van der Waals surface area contributed by atoms with Crippen molar-refractivity contribution in [1.82, 2.24) is 0 Å². The Morgan fingerprint density at radius 2 is 1.93 bits per heavy atom. The molecule has 5 heteroatoms. The van der Waals surface area contributed by atoms with Gasteiger partial charge in [-0.1, -0.05) is 64.6 Å². The summed E-state index contributed by atoms with van der Waals surface area (Å²) in [6.45, 7) is 13.6. The fraction of sp³-hybridized carbons (Fsp3) is 0.500. The monoisotopic (exact) mass is 372 g/mol. The number of aliphatic imine (C=N–C) groups is 1. The SMILES string of the molecule is C=C(CC)/C(=C(\N=C/C(C)C)OC1(C)CC1)[N+](=O)[O-].CCc1ccccc1. The van der Waals surface area contributed by atoms with Gasteiger partial charge in [0.2, 0.25) is 0 Å². The summed E-state index contributed by atoms with van der Waals surface area (Å²) in [6.07, 6.45) is 5.10. The molecule has 2 rings (SSSR count). The van der Waals surface area contributed by atoms with Crippen LogP contribution in [0.1, 0.15) is 59.4 Å². The minimum absolute atomic E-state index is 0.0885. The third-order valence-electron chi connectivity index (χ3n) is 4.19. The van der Waals surface area contributed by atoms with Crippen molar-refractivity contribution < 1.29 is 9.66 Å². The lowest BCUT2D eigenvalue weighted by molar-refractivity contribution is -0.424. The molecule has 0 bridgehead atoms. The smallest absolute Gasteiger partial charge is 0.333 e. The van der Waals surface area contributed by atoms with E-state index in [-0.39, 0.29) is 23.1 Å². The Balaban J connectivity index is 0.000000377. The fourth-order valence-corrected chi connectivity index (χ4v) is 2.10. The van der Waals surface area contributed by atoms with E-state index in [1.54, 1.807) is 6.21 Å². The highest BCUT2D eigenvalue weighted by molar-refractivity contribution is 5.61. The molecule has 0 aromatic heterocycles. The maximum Gasteiger partial charge on any atom is 0.333 e. The third-order valence-corrected chi connectivity index (χ3v) is 4.19. The summed E-state index contributed by atoms with van der Waals surface area (Å²) < 4.78 is 5.72. The molecule has 0 aliphatic heterocycles. The zero-order chi connectivity index (χ0) is 20.4. The van der Waals surface area contributed by atoms with Gasteiger partial charge < -0.3 is 4.74 Å². The molecule has 0 spiro atoms. The highest BCUT2D eigenvalue weighted by Crippen LogP contribution is 2.41. The lowest BCUT2D eigenvalue weighted by Crippen LogP contribution is -2.13. The molecule has 148 valence electrons. The predicted molar refractivity (Wildman–Crippen MR) is 111 cm³/mol. The van der Waals surface area contributed by atoms with Gasteiger partial charge in [0.05, 0.1) is 4.92 Å². The van der Waals surface area contributed by atoms with Gasteiger partial charge in [0.15, 0.2) is 0 Å². The molecule has 0 heterocycles. The zero-order valence-electron chi connectivity index (χ0n) is 17.2. The summed E-state index contributed by atoms with van der Waals surface area (Å²) in [5, 5.41) is 11.2. The average molecular weight is 373 g/mol. The zero-order valence-corrected chi connectivity index (χ0v) is 17.2. The first-order chi connectivity index (χ1) is 12.7. The van der Waals surface area contributed by atoms with Crippen LogP contribution in [0.2, 0.25) is 0 Å². The summed E-state index contributed by atoms with van der Waals surface area (Å²) in [6, 6.07) is 10.5. The maximum absolute atomic E-state index is 11.2. The van der Waals surface area contributed by atoms with E-state index < -0.39 is 4.92 Å². The first kappa shape index (κ1) is 22.6. The first-order valence-electron chi connectivity index (χ1n) is 9.56. The van der Waals surface area contributed by atoms with Crippen molar-refractivity contribution in [2.45, 2.75) is 65.9 Å². The fourth-order valence-electron chi connectivity index (χ4n) is 2.10. The van der Waals surface area contributed by atoms with Crippen LogP contribution in [-0.2, 0) is 11.2 Å². The number of nitro groups is 1. The van der Waals surface area contributed by atoms with E-state index in [2.05, 4.69) is 42.8 Å². The Kier molecular flexibility index (Phi) is 8.92. The number of hydrogen-bond acceptors (Lipinski definition) is 4. The molecule has 0 unspecified atom stereocenters. The van der Waals surface area contributed by atoms with Gasteiger partial charge >= 0.3 is 5.70 Å². The van der Waals surface area contributed by atoms with Gasteiger partial charge in [-0.15, -0.1) is 0 Å². The Labute approximate surface area is 163 Å². The summed E-state index contributed by atoms with van der Waals surface area (Å²) >= 11 is 0. The number of aryl methyl sites for hydroxylation is 1. The number of ether oxygens (including phenoxy) is 1. The third kappa shape index (κ3) is 8.20. The maximum atomic E-state index is 11.2. The number of rotatable bonds is 8. The van der Waals surface area contributed by atoms with Crippen LogP contribution in [0.4, 0.5) is 0 Å². The molecule has 0 N–H and O–H groups in total. The number of nitrogens with zero attached hydrogens (tertiary/aromatic N) is 2. The summed E-state index contributed by atoms with van der Waals surface area (Å²) in [4.78, 5) is 14.9. The van der Waals surface area contributed by atoms with Crippen LogP contribution >= 0.6 is 0 Å². The van der Waals surface area contributed by atoms with Crippen molar-refractivity contribution in [3.8, 4) is 0 Å². The van der Waals surface area contributed by atoms with Gasteiger partial charge in [-0.3, -0.25) is 10.1 Å². The van der Waals surface area contributed by atoms with Gasteiger partial charge in [-0.2, -0.15) is 0 Å². The Morgan fingerprint density at radius 1 is 1.33 bits per heavy atom. The quantitative estimate of drug-likeness (QED) is 0.186. The number of benzene rings is 1. The van der Waals surface area contributed by atoms with Crippen LogP contribution in [0, 0.1) is 16.0 Å². The number of hydrogen-bond donors (Lipinski definition) is 0. The lowest BCUT2D eigenvalue weighted by Gasteiger charge is -2.13. The summed E-state index contributed by atoms with van der Waals surface area (Å²) in [5.74, 6) is 0.291. The van der Waals surface area contributed by atoms with Crippen LogP contribution in [0.3, 0.4) is 0 Å². The van der Waals surface area contributed by atoms with Crippen molar-refractivity contribution in [3.63, 3.8) is 0 Å². The van der Waals surface area contributed by atoms with Crippen molar-refractivity contribution in [3.05, 3.63) is 69.7 Å². The van der Waals surface area contributed by atoms with E-state index >= 15 is 0 Å². The normalized spacial score (nSPS) is 15.6. The standard InChI is InChI=1S/C14H22N2O3.C8H10/c1-6-11(4)12(16(17)18)13(15-9-10(2)3)19-14(5)7-8-14;1-2-8-6-4-3-5-7-8/h9-10H,4,6-8H2,1-3,5H3;3-7H,2H2,1H3/b13-12-,15-9-;. The minimum atomic E-state index is -0.454. The van der Waals surface area contributed by atoms with Crippen molar-refractivity contribution in [1.29, 1.82) is 0 Å². The van der Waals surface area contributed by atoms with Gasteiger partial charge in [0.1, 0.15) is 5.60 Å². The lowest BCUT2D eigenvalue weighted by atomic mass is 10.2. The molecule has 27 heavy (non-hydrogen) atoms. The second kappa shape index (κ2) is 10.7. The largest absolute Gasteiger partial charge is 0.466 e. The van der Waals surface area contributed by atoms with Crippen LogP contribution in [0.15, 0.2) is 59.1 Å². The van der Waals surface area contributed by atoms with E-state index in [0.29, 0.717) is 12.0 Å². The van der Waals surface area contributed by atoms with Crippen LogP contribution < -0.4 is 0 Å². The molecule has 1 fully saturated rings. The Bertz CT molecular complexity index is 687. The first-order valence-corrected chi connectivity index (χ1v) is 9.56. The van der Waals surface area contributed by atoms with Crippen molar-refractivity contribution in [2.24, 2.45) is 10.9 Å². The molecule has 1 aromatic rings. The molecule has 5 nitrogen and oxygen atoms in total. The highest BCUT2D eigenvalue weighted by atomic mass is 16.6. The van der Waals surface area contributed by atoms with Gasteiger partial charge in [0, 0.05) is 11.8 Å². The summed E-state index contributed by atoms with van der Waals surface area (Å²) in [5.41, 5.74) is 1.43. The topological polar surface area (TPSA) is 64.7 Å². The van der Waals surface area contributed by atoms with Gasteiger partial charge in [-0.05, 0) is 44.1 Å². The van der Waals surface area contributed by atoms with Crippen LogP contribution in [0.25, 0.3) is 0 Å². The van der Waals surface area contributed by atoms with Crippen LogP contribution in [0.5, 0.6) is 0 Å². The van der Waals surface area contributed by atoms with Gasteiger partial charge in [-0.25, -0.2) is 4.99 Å². The van der Waals surface area contributed by atoms with E-state index in [0.717, 1.165) is 19.3 Å². The predicted octanol–water partition coefficient (Wildman–Crippen LogP) is 5.94. The van der Waals surface area contributed by atoms with Crippen LogP contribution in [-0.4, -0.2) is 16.7 Å². The Morgan fingerprint density at radius 3 is 2.30 bits per heavy atom. The summed E-state index contributed by atoms with van der Waals surface area (Å²) in [7, 11) is 0. The second-order valence-electron chi connectivity index (χ2n) is 7.28. The average Bonchev–Trinajstić information content (AvgIpc) is 3.37. The molecule has 0 radical (unpaired) electrons. The molecule has 0 amide bonds. The molecule has 1 aromatic carbocycles. The van der Waals surface area contributed by atoms with Crippen molar-refractivity contribution in [2.75, 3.05) is 0 Å². The minimum Gasteiger partial charge on any atom is -0.466 e. The Hall–Kier alpha value is -2.43. The highest BCUT2D eigenvalue weighted by Gasteiger charge is 2.42. The second-order valence-corrected chi connectivity index (χ2v) is 7.28. The van der Waals surface area contributed by atoms with E-state index in [4.69, 9.17) is 4.74 Å². The molecule has 1 aliphatic carbocycles. The van der Waals surface area contributed by atoms with Crippen molar-refractivity contribution >= 4 is 6.21 Å². The molecular weight excluding hydrogens is 340 g/mol. The number of allylic oxidation sites excluding steroid dienone is 1. The molecule has 0 saturated heterocycles. The molecule has 1 saturated carbocycles. The van der Waals surface area contributed by atoms with Gasteiger partial charge in [0.25, 0.3) is 5.88 Å². The molecular formula is C22H32N2O3. The molecule has 1 aliphatic rings. The van der Waals surface area contributed by atoms with E-state index in [1.165, 1.54) is 5.56 Å². The van der Waals surface area contributed by atoms with E-state index in [9.17, 15) is 10.1 Å². The molecule has 0 atom stereocenters. The van der Waals surface area contributed by atoms with E-state index in [1.807, 2.05) is 33.8 Å².